The van der Waals surface area contributed by atoms with E-state index in [2.05, 4.69) is 15.9 Å². The second kappa shape index (κ2) is 6.90. The zero-order chi connectivity index (χ0) is 13.5. The van der Waals surface area contributed by atoms with Crippen molar-refractivity contribution in [2.75, 3.05) is 11.9 Å². The number of nitro benzene ring substituents is 1. The molecule has 0 saturated carbocycles. The van der Waals surface area contributed by atoms with Crippen molar-refractivity contribution < 1.29 is 14.5 Å². The van der Waals surface area contributed by atoms with Gasteiger partial charge in [0.05, 0.1) is 17.1 Å². The molecule has 0 radical (unpaired) electrons. The number of ether oxygens (including phenoxy) is 1. The molecule has 0 spiro atoms. The molecule has 0 fully saturated rings. The lowest BCUT2D eigenvalue weighted by molar-refractivity contribution is -0.385. The highest BCUT2D eigenvalue weighted by Crippen LogP contribution is 2.21. The van der Waals surface area contributed by atoms with Gasteiger partial charge in [0.2, 0.25) is 0 Å². The lowest BCUT2D eigenvalue weighted by Crippen LogP contribution is -2.08. The summed E-state index contributed by atoms with van der Waals surface area (Å²) in [7, 11) is 0. The third-order valence-corrected chi connectivity index (χ3v) is 2.75. The minimum absolute atomic E-state index is 0.0414. The highest BCUT2D eigenvalue weighted by molar-refractivity contribution is 9.09. The molecule has 18 heavy (non-hydrogen) atoms. The second-order valence-electron chi connectivity index (χ2n) is 3.34. The Morgan fingerprint density at radius 1 is 1.50 bits per heavy atom. The van der Waals surface area contributed by atoms with Gasteiger partial charge in [0.1, 0.15) is 0 Å². The van der Waals surface area contributed by atoms with Gasteiger partial charge in [-0.1, -0.05) is 28.1 Å². The minimum atomic E-state index is -0.483. The Labute approximate surface area is 113 Å². The number of halogens is 1. The highest BCUT2D eigenvalue weighted by Gasteiger charge is 2.14. The first-order valence-corrected chi connectivity index (χ1v) is 6.39. The van der Waals surface area contributed by atoms with E-state index in [-0.39, 0.29) is 17.6 Å². The third kappa shape index (κ3) is 3.66. The Balaban J connectivity index is 3.13. The summed E-state index contributed by atoms with van der Waals surface area (Å²) in [6, 6.07) is 6.23. The Kier molecular flexibility index (Phi) is 5.51. The fourth-order valence-electron chi connectivity index (χ4n) is 1.34. The Bertz CT molecular complexity index is 485. The maximum atomic E-state index is 11.6. The molecule has 0 amide bonds. The van der Waals surface area contributed by atoms with Crippen molar-refractivity contribution in [3.05, 3.63) is 45.5 Å². The molecule has 1 aromatic rings. The van der Waals surface area contributed by atoms with E-state index < -0.39 is 10.9 Å². The molecule has 1 aromatic carbocycles. The van der Waals surface area contributed by atoms with Crippen LogP contribution in [0.15, 0.2) is 29.8 Å². The number of benzene rings is 1. The van der Waals surface area contributed by atoms with E-state index in [9.17, 15) is 14.9 Å². The molecule has 0 bridgehead atoms. The predicted octanol–water partition coefficient (Wildman–Crippen LogP) is 2.94. The Morgan fingerprint density at radius 3 is 2.72 bits per heavy atom. The SMILES string of the molecule is CCOC(=O)/C(=C/c1ccccc1[N+](=O)[O-])CBr. The summed E-state index contributed by atoms with van der Waals surface area (Å²) < 4.78 is 4.86. The largest absolute Gasteiger partial charge is 0.463 e. The summed E-state index contributed by atoms with van der Waals surface area (Å²) in [6.07, 6.45) is 1.46. The normalized spacial score (nSPS) is 11.1. The summed E-state index contributed by atoms with van der Waals surface area (Å²) in [5.41, 5.74) is 0.677. The molecule has 0 atom stereocenters. The van der Waals surface area contributed by atoms with Crippen LogP contribution in [0.25, 0.3) is 6.08 Å². The number of nitrogens with zero attached hydrogens (tertiary/aromatic N) is 1. The van der Waals surface area contributed by atoms with Crippen molar-refractivity contribution in [2.24, 2.45) is 0 Å². The van der Waals surface area contributed by atoms with Gasteiger partial charge in [-0.2, -0.15) is 0 Å². The molecule has 0 N–H and O–H groups in total. The van der Waals surface area contributed by atoms with Crippen LogP contribution < -0.4 is 0 Å². The number of nitro groups is 1. The summed E-state index contributed by atoms with van der Waals surface area (Å²) >= 11 is 3.17. The molecule has 0 aliphatic carbocycles. The van der Waals surface area contributed by atoms with Crippen LogP contribution in [0.1, 0.15) is 12.5 Å². The smallest absolute Gasteiger partial charge is 0.334 e. The lowest BCUT2D eigenvalue weighted by atomic mass is 10.1. The molecule has 6 heteroatoms. The fourth-order valence-corrected chi connectivity index (χ4v) is 1.73. The highest BCUT2D eigenvalue weighted by atomic mass is 79.9. The topological polar surface area (TPSA) is 69.4 Å². The minimum Gasteiger partial charge on any atom is -0.463 e. The molecule has 96 valence electrons. The van der Waals surface area contributed by atoms with Crippen LogP contribution in [0, 0.1) is 10.1 Å². The van der Waals surface area contributed by atoms with Gasteiger partial charge in [0.25, 0.3) is 5.69 Å². The number of carbonyl (C=O) groups is 1. The molecule has 0 heterocycles. The first kappa shape index (κ1) is 14.4. The molecule has 0 aliphatic heterocycles. The van der Waals surface area contributed by atoms with Gasteiger partial charge in [-0.05, 0) is 19.1 Å². The van der Waals surface area contributed by atoms with E-state index in [1.807, 2.05) is 0 Å². The molecular formula is C12H12BrNO4. The number of carbonyl (C=O) groups excluding carboxylic acids is 1. The zero-order valence-electron chi connectivity index (χ0n) is 9.76. The maximum absolute atomic E-state index is 11.6. The maximum Gasteiger partial charge on any atom is 0.334 e. The molecule has 1 rings (SSSR count). The average molecular weight is 314 g/mol. The van der Waals surface area contributed by atoms with E-state index in [4.69, 9.17) is 4.74 Å². The molecule has 0 saturated heterocycles. The zero-order valence-corrected chi connectivity index (χ0v) is 11.3. The Hall–Kier alpha value is -1.69. The van der Waals surface area contributed by atoms with Crippen LogP contribution in [0.2, 0.25) is 0 Å². The van der Waals surface area contributed by atoms with Crippen LogP contribution >= 0.6 is 15.9 Å². The second-order valence-corrected chi connectivity index (χ2v) is 3.90. The van der Waals surface area contributed by atoms with E-state index >= 15 is 0 Å². The number of hydrogen-bond acceptors (Lipinski definition) is 4. The number of rotatable bonds is 5. The van der Waals surface area contributed by atoms with Crippen molar-refractivity contribution >= 4 is 33.7 Å². The molecule has 0 aliphatic rings. The van der Waals surface area contributed by atoms with E-state index in [0.717, 1.165) is 0 Å². The van der Waals surface area contributed by atoms with Crippen LogP contribution in [0.5, 0.6) is 0 Å². The van der Waals surface area contributed by atoms with Crippen molar-refractivity contribution in [2.45, 2.75) is 6.92 Å². The van der Waals surface area contributed by atoms with Gasteiger partial charge in [0, 0.05) is 17.0 Å². The standard InChI is InChI=1S/C12H12BrNO4/c1-2-18-12(15)10(8-13)7-9-5-3-4-6-11(9)14(16)17/h3-7H,2,8H2,1H3/b10-7+. The molecule has 0 aromatic heterocycles. The van der Waals surface area contributed by atoms with Crippen molar-refractivity contribution in [3.8, 4) is 0 Å². The third-order valence-electron chi connectivity index (χ3n) is 2.14. The van der Waals surface area contributed by atoms with Crippen LogP contribution in [-0.4, -0.2) is 22.8 Å². The summed E-state index contributed by atoms with van der Waals surface area (Å²) in [5, 5.41) is 11.1. The summed E-state index contributed by atoms with van der Waals surface area (Å²) in [6.45, 7) is 1.97. The number of esters is 1. The van der Waals surface area contributed by atoms with Crippen molar-refractivity contribution in [1.82, 2.24) is 0 Å². The van der Waals surface area contributed by atoms with Crippen molar-refractivity contribution in [1.29, 1.82) is 0 Å². The Morgan fingerprint density at radius 2 is 2.17 bits per heavy atom. The van der Waals surface area contributed by atoms with E-state index in [1.165, 1.54) is 12.1 Å². The van der Waals surface area contributed by atoms with Gasteiger partial charge >= 0.3 is 5.97 Å². The lowest BCUT2D eigenvalue weighted by Gasteiger charge is -2.04. The summed E-state index contributed by atoms with van der Waals surface area (Å²) in [4.78, 5) is 21.9. The average Bonchev–Trinajstić information content (AvgIpc) is 2.36. The van der Waals surface area contributed by atoms with Gasteiger partial charge < -0.3 is 4.74 Å². The molecule has 0 unspecified atom stereocenters. The summed E-state index contributed by atoms with van der Waals surface area (Å²) in [5.74, 6) is -0.479. The quantitative estimate of drug-likeness (QED) is 0.275. The van der Waals surface area contributed by atoms with Gasteiger partial charge in [-0.25, -0.2) is 4.79 Å². The van der Waals surface area contributed by atoms with Crippen LogP contribution in [0.4, 0.5) is 5.69 Å². The van der Waals surface area contributed by atoms with Crippen LogP contribution in [-0.2, 0) is 9.53 Å². The van der Waals surface area contributed by atoms with Gasteiger partial charge in [-0.15, -0.1) is 0 Å². The number of para-hydroxylation sites is 1. The predicted molar refractivity (Wildman–Crippen MR) is 71.5 cm³/mol. The van der Waals surface area contributed by atoms with Crippen LogP contribution in [0.3, 0.4) is 0 Å². The molecule has 5 nitrogen and oxygen atoms in total. The number of alkyl halides is 1. The van der Waals surface area contributed by atoms with E-state index in [0.29, 0.717) is 11.1 Å². The fraction of sp³-hybridized carbons (Fsp3) is 0.250. The van der Waals surface area contributed by atoms with Gasteiger partial charge in [0.15, 0.2) is 0 Å². The molecular weight excluding hydrogens is 302 g/mol. The van der Waals surface area contributed by atoms with E-state index in [1.54, 1.807) is 25.1 Å². The number of hydrogen-bond donors (Lipinski definition) is 0. The first-order chi connectivity index (χ1) is 8.60. The van der Waals surface area contributed by atoms with Gasteiger partial charge in [-0.3, -0.25) is 10.1 Å². The van der Waals surface area contributed by atoms with Crippen molar-refractivity contribution in [3.63, 3.8) is 0 Å². The first-order valence-electron chi connectivity index (χ1n) is 5.27. The monoisotopic (exact) mass is 313 g/mol.